The number of hydrogen-bond acceptors (Lipinski definition) is 4. The summed E-state index contributed by atoms with van der Waals surface area (Å²) in [5.41, 5.74) is 4.86. The van der Waals surface area contributed by atoms with Crippen molar-refractivity contribution in [3.05, 3.63) is 0 Å². The highest BCUT2D eigenvalue weighted by Gasteiger charge is 2.29. The molecule has 1 saturated heterocycles. The monoisotopic (exact) mass is 215 g/mol. The smallest absolute Gasteiger partial charge is 0.326 e. The fourth-order valence-corrected chi connectivity index (χ4v) is 1.16. The van der Waals surface area contributed by atoms with E-state index in [9.17, 15) is 14.4 Å². The summed E-state index contributed by atoms with van der Waals surface area (Å²) in [6, 6.07) is -1.23. The van der Waals surface area contributed by atoms with Crippen molar-refractivity contribution >= 4 is 17.8 Å². The molecule has 0 unspecified atom stereocenters. The van der Waals surface area contributed by atoms with Gasteiger partial charge in [0.2, 0.25) is 11.8 Å². The fraction of sp³-hybridized carbons (Fsp3) is 0.625. The van der Waals surface area contributed by atoms with Gasteiger partial charge in [0.1, 0.15) is 6.04 Å². The van der Waals surface area contributed by atoms with E-state index in [0.29, 0.717) is 13.1 Å². The first-order valence-corrected chi connectivity index (χ1v) is 4.53. The van der Waals surface area contributed by atoms with Crippen molar-refractivity contribution in [2.24, 2.45) is 11.7 Å². The molecule has 1 aliphatic rings. The Kier molecular flexibility index (Phi) is 3.62. The second-order valence-electron chi connectivity index (χ2n) is 3.43. The maximum absolute atomic E-state index is 11.4. The van der Waals surface area contributed by atoms with Crippen molar-refractivity contribution in [1.29, 1.82) is 0 Å². The van der Waals surface area contributed by atoms with Gasteiger partial charge >= 0.3 is 5.97 Å². The van der Waals surface area contributed by atoms with Crippen LogP contribution in [0, 0.1) is 5.92 Å². The molecule has 0 aliphatic carbocycles. The Balaban J connectivity index is 2.46. The Labute approximate surface area is 86.0 Å². The van der Waals surface area contributed by atoms with Gasteiger partial charge in [0, 0.05) is 13.1 Å². The number of primary amides is 1. The Bertz CT molecular complexity index is 288. The Hall–Kier alpha value is -1.63. The van der Waals surface area contributed by atoms with Crippen molar-refractivity contribution in [3.8, 4) is 0 Å². The van der Waals surface area contributed by atoms with Crippen molar-refractivity contribution in [2.45, 2.75) is 12.5 Å². The third-order valence-electron chi connectivity index (χ3n) is 2.17. The van der Waals surface area contributed by atoms with E-state index in [1.165, 1.54) is 0 Å². The van der Waals surface area contributed by atoms with Gasteiger partial charge in [-0.05, 0) is 0 Å². The second-order valence-corrected chi connectivity index (χ2v) is 3.43. The van der Waals surface area contributed by atoms with Crippen LogP contribution in [0.25, 0.3) is 0 Å². The van der Waals surface area contributed by atoms with Crippen LogP contribution in [0.5, 0.6) is 0 Å². The summed E-state index contributed by atoms with van der Waals surface area (Å²) in [6.45, 7) is 1.07. The first-order valence-electron chi connectivity index (χ1n) is 4.53. The lowest BCUT2D eigenvalue weighted by Crippen LogP contribution is -2.54. The van der Waals surface area contributed by atoms with E-state index < -0.39 is 17.9 Å². The molecule has 1 heterocycles. The molecule has 1 fully saturated rings. The van der Waals surface area contributed by atoms with Crippen LogP contribution in [0.2, 0.25) is 0 Å². The third-order valence-corrected chi connectivity index (χ3v) is 2.17. The maximum atomic E-state index is 11.4. The lowest BCUT2D eigenvalue weighted by atomic mass is 10.0. The van der Waals surface area contributed by atoms with Gasteiger partial charge in [-0.25, -0.2) is 4.79 Å². The number of carbonyl (C=O) groups is 3. The van der Waals surface area contributed by atoms with Crippen molar-refractivity contribution in [2.75, 3.05) is 13.1 Å². The highest BCUT2D eigenvalue weighted by atomic mass is 16.4. The summed E-state index contributed by atoms with van der Waals surface area (Å²) in [7, 11) is 0. The van der Waals surface area contributed by atoms with Gasteiger partial charge in [-0.15, -0.1) is 0 Å². The van der Waals surface area contributed by atoms with E-state index in [0.717, 1.165) is 0 Å². The largest absolute Gasteiger partial charge is 0.480 e. The maximum Gasteiger partial charge on any atom is 0.326 e. The topological polar surface area (TPSA) is 122 Å². The van der Waals surface area contributed by atoms with Gasteiger partial charge in [0.25, 0.3) is 0 Å². The van der Waals surface area contributed by atoms with Crippen LogP contribution in [-0.4, -0.2) is 42.0 Å². The molecule has 0 aromatic heterocycles. The molecule has 1 rings (SSSR count). The minimum absolute atomic E-state index is 0.209. The van der Waals surface area contributed by atoms with Crippen LogP contribution in [0.3, 0.4) is 0 Å². The first-order chi connectivity index (χ1) is 7.00. The minimum atomic E-state index is -1.26. The molecule has 5 N–H and O–H groups in total. The van der Waals surface area contributed by atoms with E-state index >= 15 is 0 Å². The van der Waals surface area contributed by atoms with Crippen LogP contribution < -0.4 is 16.4 Å². The van der Waals surface area contributed by atoms with E-state index in [1.54, 1.807) is 0 Å². The average molecular weight is 215 g/mol. The van der Waals surface area contributed by atoms with Gasteiger partial charge in [-0.2, -0.15) is 0 Å². The van der Waals surface area contributed by atoms with Gasteiger partial charge in [-0.3, -0.25) is 9.59 Å². The third kappa shape index (κ3) is 3.21. The molecule has 84 valence electrons. The van der Waals surface area contributed by atoms with Crippen molar-refractivity contribution in [1.82, 2.24) is 10.6 Å². The molecule has 2 amide bonds. The molecule has 0 aromatic rings. The van der Waals surface area contributed by atoms with E-state index in [-0.39, 0.29) is 18.2 Å². The standard InChI is InChI=1S/C8H13N3O4/c9-6(12)1-5(8(14)15)11-7(13)4-2-10-3-4/h4-5,10H,1-3H2,(H2,9,12)(H,11,13)(H,14,15)/t5-/m1/s1. The zero-order chi connectivity index (χ0) is 11.4. The predicted molar refractivity (Wildman–Crippen MR) is 49.7 cm³/mol. The van der Waals surface area contributed by atoms with E-state index in [4.69, 9.17) is 10.8 Å². The molecule has 0 radical (unpaired) electrons. The molecule has 1 aliphatic heterocycles. The van der Waals surface area contributed by atoms with Crippen molar-refractivity contribution < 1.29 is 19.5 Å². The number of hydrogen-bond donors (Lipinski definition) is 4. The zero-order valence-electron chi connectivity index (χ0n) is 8.03. The van der Waals surface area contributed by atoms with E-state index in [1.807, 2.05) is 0 Å². The first kappa shape index (κ1) is 11.4. The molecule has 0 bridgehead atoms. The van der Waals surface area contributed by atoms with E-state index in [2.05, 4.69) is 10.6 Å². The van der Waals surface area contributed by atoms with Gasteiger partial charge < -0.3 is 21.5 Å². The number of carboxylic acid groups (broad SMARTS) is 1. The highest BCUT2D eigenvalue weighted by Crippen LogP contribution is 2.03. The van der Waals surface area contributed by atoms with Gasteiger partial charge in [0.05, 0.1) is 12.3 Å². The summed E-state index contributed by atoms with van der Waals surface area (Å²) in [6.07, 6.45) is -0.388. The van der Waals surface area contributed by atoms with Crippen LogP contribution >= 0.6 is 0 Å². The molecular weight excluding hydrogens is 202 g/mol. The number of nitrogens with two attached hydrogens (primary N) is 1. The summed E-state index contributed by atoms with van der Waals surface area (Å²) < 4.78 is 0. The molecule has 0 spiro atoms. The number of amides is 2. The number of aliphatic carboxylic acids is 1. The molecule has 0 aromatic carbocycles. The number of rotatable bonds is 5. The summed E-state index contributed by atoms with van der Waals surface area (Å²) in [5.74, 6) is -2.58. The summed E-state index contributed by atoms with van der Waals surface area (Å²) in [5, 5.41) is 13.9. The Morgan fingerprint density at radius 2 is 2.07 bits per heavy atom. The summed E-state index contributed by atoms with van der Waals surface area (Å²) >= 11 is 0. The normalized spacial score (nSPS) is 17.6. The lowest BCUT2D eigenvalue weighted by Gasteiger charge is -2.27. The van der Waals surface area contributed by atoms with Crippen molar-refractivity contribution in [3.63, 3.8) is 0 Å². The Morgan fingerprint density at radius 3 is 2.40 bits per heavy atom. The van der Waals surface area contributed by atoms with Crippen LogP contribution in [0.4, 0.5) is 0 Å². The Morgan fingerprint density at radius 1 is 1.47 bits per heavy atom. The number of carbonyl (C=O) groups excluding carboxylic acids is 2. The molecule has 7 heteroatoms. The van der Waals surface area contributed by atoms with Crippen LogP contribution in [0.15, 0.2) is 0 Å². The van der Waals surface area contributed by atoms with Crippen LogP contribution in [-0.2, 0) is 14.4 Å². The average Bonchev–Trinajstić information content (AvgIpc) is 1.98. The van der Waals surface area contributed by atoms with Gasteiger partial charge in [-0.1, -0.05) is 0 Å². The molecule has 1 atom stereocenters. The van der Waals surface area contributed by atoms with Crippen LogP contribution in [0.1, 0.15) is 6.42 Å². The second kappa shape index (κ2) is 4.74. The minimum Gasteiger partial charge on any atom is -0.480 e. The fourth-order valence-electron chi connectivity index (χ4n) is 1.16. The quantitative estimate of drug-likeness (QED) is 0.409. The molecule has 7 nitrogen and oxygen atoms in total. The lowest BCUT2D eigenvalue weighted by molar-refractivity contribution is -0.144. The highest BCUT2D eigenvalue weighted by molar-refractivity contribution is 5.89. The molecule has 15 heavy (non-hydrogen) atoms. The SMILES string of the molecule is NC(=O)C[C@@H](NC(=O)C1CNC1)C(=O)O. The van der Waals surface area contributed by atoms with Gasteiger partial charge in [0.15, 0.2) is 0 Å². The molecular formula is C8H13N3O4. The number of nitrogens with one attached hydrogen (secondary N) is 2. The summed E-state index contributed by atoms with van der Waals surface area (Å²) in [4.78, 5) is 32.6. The predicted octanol–water partition coefficient (Wildman–Crippen LogP) is -2.35. The number of carboxylic acids is 1. The molecule has 0 saturated carbocycles. The zero-order valence-corrected chi connectivity index (χ0v) is 8.03.